The molecule has 2 aromatic heterocycles. The van der Waals surface area contributed by atoms with Gasteiger partial charge >= 0.3 is 0 Å². The van der Waals surface area contributed by atoms with Gasteiger partial charge in [-0.1, -0.05) is 18.2 Å². The smallest absolute Gasteiger partial charge is 0.259 e. The molecule has 0 radical (unpaired) electrons. The number of hydrogen-bond donors (Lipinski definition) is 1. The summed E-state index contributed by atoms with van der Waals surface area (Å²) >= 11 is 0. The normalized spacial score (nSPS) is 17.6. The molecule has 2 aliphatic rings. The third-order valence-electron chi connectivity index (χ3n) is 6.44. The number of carbonyl (C=O) groups excluding carboxylic acids is 2. The molecule has 0 saturated carbocycles. The van der Waals surface area contributed by atoms with E-state index in [0.717, 1.165) is 22.2 Å². The van der Waals surface area contributed by atoms with Crippen molar-refractivity contribution >= 4 is 39.4 Å². The first-order chi connectivity index (χ1) is 15.5. The number of fused-ring (bicyclic) bond motifs is 1. The number of imide groups is 1. The number of anilines is 1. The SMILES string of the molecule is CC(=O)N1CC2=C(C1=O)[C@@H](c1coc3ccccc3c1=O)c1cn(C)c3cccc(c13)N2. The predicted octanol–water partition coefficient (Wildman–Crippen LogP) is 3.48. The fourth-order valence-corrected chi connectivity index (χ4v) is 4.98. The van der Waals surface area contributed by atoms with E-state index < -0.39 is 5.92 Å². The van der Waals surface area contributed by atoms with Crippen LogP contribution in [0.25, 0.3) is 21.9 Å². The summed E-state index contributed by atoms with van der Waals surface area (Å²) in [6.07, 6.45) is 3.41. The molecule has 6 rings (SSSR count). The van der Waals surface area contributed by atoms with Gasteiger partial charge in [0.2, 0.25) is 5.91 Å². The molecule has 7 heteroatoms. The van der Waals surface area contributed by atoms with E-state index in [2.05, 4.69) is 5.32 Å². The predicted molar refractivity (Wildman–Crippen MR) is 120 cm³/mol. The van der Waals surface area contributed by atoms with Crippen molar-refractivity contribution in [2.75, 3.05) is 11.9 Å². The number of nitrogens with zero attached hydrogens (tertiary/aromatic N) is 2. The lowest BCUT2D eigenvalue weighted by atomic mass is 9.84. The molecule has 158 valence electrons. The minimum absolute atomic E-state index is 0.145. The summed E-state index contributed by atoms with van der Waals surface area (Å²) in [5, 5.41) is 4.79. The molecule has 0 bridgehead atoms. The molecule has 7 nitrogen and oxygen atoms in total. The molecular weight excluding hydrogens is 406 g/mol. The van der Waals surface area contributed by atoms with E-state index in [1.54, 1.807) is 18.2 Å². The third kappa shape index (κ3) is 2.39. The maximum absolute atomic E-state index is 13.6. The number of para-hydroxylation sites is 1. The van der Waals surface area contributed by atoms with Gasteiger partial charge in [-0.05, 0) is 29.8 Å². The summed E-state index contributed by atoms with van der Waals surface area (Å²) in [5.41, 5.74) is 4.38. The average Bonchev–Trinajstić information content (AvgIpc) is 3.24. The fourth-order valence-electron chi connectivity index (χ4n) is 4.98. The maximum atomic E-state index is 13.6. The largest absolute Gasteiger partial charge is 0.464 e. The molecular formula is C25H19N3O4. The van der Waals surface area contributed by atoms with Crippen molar-refractivity contribution in [3.63, 3.8) is 0 Å². The van der Waals surface area contributed by atoms with E-state index in [1.165, 1.54) is 18.1 Å². The first-order valence-corrected chi connectivity index (χ1v) is 10.4. The van der Waals surface area contributed by atoms with Crippen LogP contribution in [0.2, 0.25) is 0 Å². The molecule has 32 heavy (non-hydrogen) atoms. The molecule has 2 aliphatic heterocycles. The van der Waals surface area contributed by atoms with Crippen molar-refractivity contribution in [2.45, 2.75) is 12.8 Å². The number of nitrogens with one attached hydrogen (secondary N) is 1. The van der Waals surface area contributed by atoms with E-state index in [1.807, 2.05) is 42.1 Å². The Morgan fingerprint density at radius 2 is 1.91 bits per heavy atom. The van der Waals surface area contributed by atoms with Gasteiger partial charge in [0.1, 0.15) is 5.58 Å². The second-order valence-electron chi connectivity index (χ2n) is 8.27. The lowest BCUT2D eigenvalue weighted by molar-refractivity contribution is -0.139. The first-order valence-electron chi connectivity index (χ1n) is 10.4. The highest BCUT2D eigenvalue weighted by molar-refractivity contribution is 6.11. The van der Waals surface area contributed by atoms with Gasteiger partial charge in [0.05, 0.1) is 35.2 Å². The van der Waals surface area contributed by atoms with Crippen LogP contribution in [0.5, 0.6) is 0 Å². The number of benzene rings is 2. The van der Waals surface area contributed by atoms with Gasteiger partial charge in [0.25, 0.3) is 5.91 Å². The lowest BCUT2D eigenvalue weighted by Crippen LogP contribution is -2.33. The number of rotatable bonds is 1. The van der Waals surface area contributed by atoms with Gasteiger partial charge in [-0.15, -0.1) is 0 Å². The lowest BCUT2D eigenvalue weighted by Gasteiger charge is -2.18. The summed E-state index contributed by atoms with van der Waals surface area (Å²) < 4.78 is 7.81. The zero-order valence-electron chi connectivity index (χ0n) is 17.5. The van der Waals surface area contributed by atoms with Crippen molar-refractivity contribution in [2.24, 2.45) is 7.05 Å². The number of amides is 2. The number of aryl methyl sites for hydroxylation is 1. The molecule has 0 fully saturated rings. The summed E-state index contributed by atoms with van der Waals surface area (Å²) in [6, 6.07) is 13.0. The highest BCUT2D eigenvalue weighted by Gasteiger charge is 2.42. The quantitative estimate of drug-likeness (QED) is 0.505. The van der Waals surface area contributed by atoms with Gasteiger partial charge in [-0.2, -0.15) is 0 Å². The van der Waals surface area contributed by atoms with Crippen LogP contribution < -0.4 is 10.7 Å². The average molecular weight is 425 g/mol. The van der Waals surface area contributed by atoms with E-state index in [4.69, 9.17) is 4.42 Å². The van der Waals surface area contributed by atoms with Crippen molar-refractivity contribution in [3.8, 4) is 0 Å². The van der Waals surface area contributed by atoms with Crippen LogP contribution >= 0.6 is 0 Å². The van der Waals surface area contributed by atoms with Crippen LogP contribution in [0.15, 0.2) is 75.4 Å². The molecule has 2 amide bonds. The van der Waals surface area contributed by atoms with Crippen molar-refractivity contribution in [1.82, 2.24) is 9.47 Å². The van der Waals surface area contributed by atoms with Gasteiger partial charge in [0.15, 0.2) is 5.43 Å². The highest BCUT2D eigenvalue weighted by atomic mass is 16.3. The maximum Gasteiger partial charge on any atom is 0.259 e. The minimum Gasteiger partial charge on any atom is -0.464 e. The summed E-state index contributed by atoms with van der Waals surface area (Å²) in [7, 11) is 1.94. The van der Waals surface area contributed by atoms with E-state index >= 15 is 0 Å². The zero-order valence-corrected chi connectivity index (χ0v) is 17.5. The van der Waals surface area contributed by atoms with Crippen molar-refractivity contribution < 1.29 is 14.0 Å². The fraction of sp³-hybridized carbons (Fsp3) is 0.160. The molecule has 1 atom stereocenters. The van der Waals surface area contributed by atoms with Crippen LogP contribution in [0.4, 0.5) is 5.69 Å². The Kier molecular flexibility index (Phi) is 3.74. The van der Waals surface area contributed by atoms with Gasteiger partial charge in [0, 0.05) is 42.5 Å². The number of carbonyl (C=O) groups is 2. The van der Waals surface area contributed by atoms with Crippen LogP contribution in [0.3, 0.4) is 0 Å². The summed E-state index contributed by atoms with van der Waals surface area (Å²) in [4.78, 5) is 40.4. The Labute approximate surface area is 182 Å². The van der Waals surface area contributed by atoms with Crippen LogP contribution in [-0.4, -0.2) is 27.8 Å². The Balaban J connectivity index is 1.70. The van der Waals surface area contributed by atoms with Gasteiger partial charge in [-0.25, -0.2) is 0 Å². The molecule has 0 aliphatic carbocycles. The van der Waals surface area contributed by atoms with E-state index in [-0.39, 0.29) is 23.8 Å². The van der Waals surface area contributed by atoms with Gasteiger partial charge < -0.3 is 14.3 Å². The summed E-state index contributed by atoms with van der Waals surface area (Å²) in [6.45, 7) is 1.52. The Hall–Kier alpha value is -4.13. The number of aromatic nitrogens is 1. The zero-order chi connectivity index (χ0) is 22.1. The van der Waals surface area contributed by atoms with E-state index in [0.29, 0.717) is 27.8 Å². The molecule has 4 aromatic rings. The summed E-state index contributed by atoms with van der Waals surface area (Å²) in [5.74, 6) is -1.38. The molecule has 0 spiro atoms. The second-order valence-corrected chi connectivity index (χ2v) is 8.27. The molecule has 2 aromatic carbocycles. The molecule has 1 N–H and O–H groups in total. The monoisotopic (exact) mass is 425 g/mol. The molecule has 0 saturated heterocycles. The van der Waals surface area contributed by atoms with Gasteiger partial charge in [-0.3, -0.25) is 19.3 Å². The minimum atomic E-state index is -0.664. The van der Waals surface area contributed by atoms with E-state index in [9.17, 15) is 14.4 Å². The Morgan fingerprint density at radius 1 is 1.09 bits per heavy atom. The first kappa shape index (κ1) is 18.6. The van der Waals surface area contributed by atoms with Crippen LogP contribution in [-0.2, 0) is 16.6 Å². The third-order valence-corrected chi connectivity index (χ3v) is 6.44. The van der Waals surface area contributed by atoms with Crippen LogP contribution in [0.1, 0.15) is 24.0 Å². The Morgan fingerprint density at radius 3 is 2.72 bits per heavy atom. The molecule has 0 unspecified atom stereocenters. The highest BCUT2D eigenvalue weighted by Crippen LogP contribution is 2.45. The topological polar surface area (TPSA) is 84.6 Å². The Bertz CT molecular complexity index is 1570. The van der Waals surface area contributed by atoms with Crippen molar-refractivity contribution in [3.05, 3.63) is 87.5 Å². The number of hydrogen-bond acceptors (Lipinski definition) is 5. The second kappa shape index (κ2) is 6.43. The molecule has 4 heterocycles. The standard InChI is InChI=1S/C25H19N3O4/c1-13(29)28-11-18-23(25(28)31)21(16-12-32-20-9-4-3-6-14(20)24(16)30)15-10-27(2)19-8-5-7-17(26-18)22(15)19/h3-10,12,21,26H,11H2,1-2H3/t21-/m1/s1. The van der Waals surface area contributed by atoms with Crippen molar-refractivity contribution in [1.29, 1.82) is 0 Å². The van der Waals surface area contributed by atoms with Crippen LogP contribution in [0, 0.1) is 0 Å².